The zero-order chi connectivity index (χ0) is 19.2. The molecule has 2 nitrogen and oxygen atoms in total. The molecular weight excluding hydrogens is 352 g/mol. The van der Waals surface area contributed by atoms with Gasteiger partial charge in [0.15, 0.2) is 0 Å². The van der Waals surface area contributed by atoms with Gasteiger partial charge < -0.3 is 9.47 Å². The van der Waals surface area contributed by atoms with Crippen LogP contribution in [-0.2, 0) is 22.7 Å². The van der Waals surface area contributed by atoms with Gasteiger partial charge in [-0.3, -0.25) is 0 Å². The summed E-state index contributed by atoms with van der Waals surface area (Å²) in [5, 5.41) is 0. The lowest BCUT2D eigenvalue weighted by Gasteiger charge is -2.24. The molecule has 0 aliphatic heterocycles. The van der Waals surface area contributed by atoms with Gasteiger partial charge in [-0.1, -0.05) is 112 Å². The predicted octanol–water partition coefficient (Wildman–Crippen LogP) is 7.19. The summed E-state index contributed by atoms with van der Waals surface area (Å²) >= 11 is 1.86. The van der Waals surface area contributed by atoms with Gasteiger partial charge >= 0.3 is 0 Å². The Morgan fingerprint density at radius 1 is 0.667 bits per heavy atom. The molecule has 0 aliphatic carbocycles. The van der Waals surface area contributed by atoms with E-state index in [0.717, 1.165) is 12.8 Å². The van der Waals surface area contributed by atoms with Crippen LogP contribution in [0.25, 0.3) is 0 Å². The summed E-state index contributed by atoms with van der Waals surface area (Å²) in [7, 11) is 0. The van der Waals surface area contributed by atoms with Crippen LogP contribution in [0, 0.1) is 0 Å². The first-order valence-corrected chi connectivity index (χ1v) is 11.2. The molecule has 0 heterocycles. The van der Waals surface area contributed by atoms with Crippen molar-refractivity contribution in [2.45, 2.75) is 76.5 Å². The van der Waals surface area contributed by atoms with Crippen LogP contribution < -0.4 is 0 Å². The minimum Gasteiger partial charge on any atom is -0.363 e. The van der Waals surface area contributed by atoms with Crippen LogP contribution in [0.4, 0.5) is 0 Å². The van der Waals surface area contributed by atoms with Crippen LogP contribution in [0.5, 0.6) is 0 Å². The number of hydrogen-bond acceptors (Lipinski definition) is 3. The predicted molar refractivity (Wildman–Crippen MR) is 117 cm³/mol. The van der Waals surface area contributed by atoms with E-state index in [1.165, 1.54) is 36.8 Å². The highest BCUT2D eigenvalue weighted by atomic mass is 32.2. The van der Waals surface area contributed by atoms with E-state index in [4.69, 9.17) is 9.47 Å². The van der Waals surface area contributed by atoms with Gasteiger partial charge in [0, 0.05) is 0 Å². The number of unbranched alkanes of at least 4 members (excludes halogenated alkanes) is 2. The Labute approximate surface area is 169 Å². The Kier molecular flexibility index (Phi) is 11.3. The van der Waals surface area contributed by atoms with Gasteiger partial charge in [0.1, 0.15) is 10.9 Å². The summed E-state index contributed by atoms with van der Waals surface area (Å²) in [6.07, 6.45) is 6.90. The summed E-state index contributed by atoms with van der Waals surface area (Å²) in [6.45, 7) is 5.81. The van der Waals surface area contributed by atoms with Crippen LogP contribution in [0.2, 0.25) is 0 Å². The lowest BCUT2D eigenvalue weighted by Crippen LogP contribution is -2.17. The number of thioether (sulfide) groups is 1. The minimum absolute atomic E-state index is 0.183. The fourth-order valence-electron chi connectivity index (χ4n) is 2.82. The fraction of sp³-hybridized carbons (Fsp3) is 0.500. The molecular formula is C24H34O2S. The standard InChI is InChI=1S/C24H34O2S/c1-3-5-17-23(25-19-21-13-9-7-10-14-21)27-24(18-6-4-2)26-20-22-15-11-8-12-16-22/h7-16,23-24H,3-6,17-20H2,1-2H3. The Balaban J connectivity index is 1.90. The Morgan fingerprint density at radius 2 is 1.07 bits per heavy atom. The third-order valence-electron chi connectivity index (χ3n) is 4.45. The van der Waals surface area contributed by atoms with Gasteiger partial charge in [0.2, 0.25) is 0 Å². The van der Waals surface area contributed by atoms with E-state index in [2.05, 4.69) is 62.4 Å². The Morgan fingerprint density at radius 3 is 1.44 bits per heavy atom. The lowest BCUT2D eigenvalue weighted by atomic mass is 10.2. The molecule has 0 amide bonds. The van der Waals surface area contributed by atoms with Crippen molar-refractivity contribution in [3.63, 3.8) is 0 Å². The first-order valence-electron chi connectivity index (χ1n) is 10.3. The SMILES string of the molecule is CCCCC(OCc1ccccc1)SC(CCCC)OCc1ccccc1. The first kappa shape index (κ1) is 22.0. The van der Waals surface area contributed by atoms with Crippen LogP contribution in [0.1, 0.15) is 63.5 Å². The second-order valence-electron chi connectivity index (χ2n) is 6.87. The molecule has 0 bridgehead atoms. The maximum Gasteiger partial charge on any atom is 0.106 e. The molecule has 0 spiro atoms. The summed E-state index contributed by atoms with van der Waals surface area (Å²) in [6, 6.07) is 20.9. The molecule has 27 heavy (non-hydrogen) atoms. The van der Waals surface area contributed by atoms with Gasteiger partial charge in [-0.15, -0.1) is 0 Å². The fourth-order valence-corrected chi connectivity index (χ4v) is 4.06. The highest BCUT2D eigenvalue weighted by Gasteiger charge is 2.18. The second kappa shape index (κ2) is 13.8. The average Bonchev–Trinajstić information content (AvgIpc) is 2.73. The molecule has 2 atom stereocenters. The normalized spacial score (nSPS) is 13.4. The van der Waals surface area contributed by atoms with Crippen LogP contribution in [-0.4, -0.2) is 10.9 Å². The molecule has 0 saturated carbocycles. The second-order valence-corrected chi connectivity index (χ2v) is 8.20. The molecule has 0 radical (unpaired) electrons. The average molecular weight is 387 g/mol. The molecule has 0 fully saturated rings. The lowest BCUT2D eigenvalue weighted by molar-refractivity contribution is 0.0717. The van der Waals surface area contributed by atoms with Crippen molar-refractivity contribution in [1.82, 2.24) is 0 Å². The summed E-state index contributed by atoms with van der Waals surface area (Å²) in [4.78, 5) is 0. The third kappa shape index (κ3) is 9.46. The maximum atomic E-state index is 6.28. The van der Waals surface area contributed by atoms with Crippen molar-refractivity contribution in [1.29, 1.82) is 0 Å². The molecule has 0 aliphatic rings. The molecule has 2 unspecified atom stereocenters. The molecule has 0 saturated heterocycles. The molecule has 0 aromatic heterocycles. The zero-order valence-corrected chi connectivity index (χ0v) is 17.6. The summed E-state index contributed by atoms with van der Waals surface area (Å²) < 4.78 is 12.6. The van der Waals surface area contributed by atoms with Crippen molar-refractivity contribution in [3.05, 3.63) is 71.8 Å². The highest BCUT2D eigenvalue weighted by Crippen LogP contribution is 2.29. The Bertz CT molecular complexity index is 534. The van der Waals surface area contributed by atoms with Crippen LogP contribution >= 0.6 is 11.8 Å². The van der Waals surface area contributed by atoms with Gasteiger partial charge in [-0.2, -0.15) is 0 Å². The van der Waals surface area contributed by atoms with E-state index in [1.54, 1.807) is 0 Å². The molecule has 3 heteroatoms. The number of ether oxygens (including phenoxy) is 2. The van der Waals surface area contributed by atoms with Crippen molar-refractivity contribution < 1.29 is 9.47 Å². The van der Waals surface area contributed by atoms with E-state index in [0.29, 0.717) is 13.2 Å². The van der Waals surface area contributed by atoms with E-state index < -0.39 is 0 Å². The van der Waals surface area contributed by atoms with Gasteiger partial charge in [0.25, 0.3) is 0 Å². The molecule has 0 N–H and O–H groups in total. The Hall–Kier alpha value is -1.29. The number of rotatable bonds is 14. The monoisotopic (exact) mass is 386 g/mol. The van der Waals surface area contributed by atoms with E-state index in [1.807, 2.05) is 23.9 Å². The minimum atomic E-state index is 0.183. The van der Waals surface area contributed by atoms with Gasteiger partial charge in [0.05, 0.1) is 13.2 Å². The summed E-state index contributed by atoms with van der Waals surface area (Å²) in [5.74, 6) is 0. The highest BCUT2D eigenvalue weighted by molar-refractivity contribution is 8.00. The molecule has 148 valence electrons. The van der Waals surface area contributed by atoms with Crippen LogP contribution in [0.15, 0.2) is 60.7 Å². The topological polar surface area (TPSA) is 18.5 Å². The maximum absolute atomic E-state index is 6.28. The molecule has 2 rings (SSSR count). The van der Waals surface area contributed by atoms with Crippen molar-refractivity contribution in [2.24, 2.45) is 0 Å². The van der Waals surface area contributed by atoms with Crippen molar-refractivity contribution >= 4 is 11.8 Å². The third-order valence-corrected chi connectivity index (χ3v) is 5.80. The largest absolute Gasteiger partial charge is 0.363 e. The van der Waals surface area contributed by atoms with Gasteiger partial charge in [-0.05, 0) is 24.0 Å². The van der Waals surface area contributed by atoms with Crippen LogP contribution in [0.3, 0.4) is 0 Å². The van der Waals surface area contributed by atoms with Gasteiger partial charge in [-0.25, -0.2) is 0 Å². The summed E-state index contributed by atoms with van der Waals surface area (Å²) in [5.41, 5.74) is 2.83. The number of benzene rings is 2. The zero-order valence-electron chi connectivity index (χ0n) is 16.8. The van der Waals surface area contributed by atoms with E-state index in [-0.39, 0.29) is 10.9 Å². The quantitative estimate of drug-likeness (QED) is 0.320. The van der Waals surface area contributed by atoms with Crippen molar-refractivity contribution in [2.75, 3.05) is 0 Å². The molecule has 2 aromatic rings. The smallest absolute Gasteiger partial charge is 0.106 e. The van der Waals surface area contributed by atoms with E-state index in [9.17, 15) is 0 Å². The van der Waals surface area contributed by atoms with Crippen molar-refractivity contribution in [3.8, 4) is 0 Å². The van der Waals surface area contributed by atoms with E-state index >= 15 is 0 Å². The molecule has 2 aromatic carbocycles. The number of hydrogen-bond donors (Lipinski definition) is 0. The first-order chi connectivity index (χ1) is 13.3.